The molecule has 0 atom stereocenters. The van der Waals surface area contributed by atoms with Crippen molar-refractivity contribution in [1.82, 2.24) is 19.3 Å². The number of thiophene rings is 1. The second-order valence-electron chi connectivity index (χ2n) is 7.61. The molecule has 0 radical (unpaired) electrons. The van der Waals surface area contributed by atoms with Gasteiger partial charge in [0.05, 0.1) is 24.8 Å². The van der Waals surface area contributed by atoms with Crippen LogP contribution < -0.4 is 15.0 Å². The van der Waals surface area contributed by atoms with Gasteiger partial charge in [-0.1, -0.05) is 6.42 Å². The highest BCUT2D eigenvalue weighted by Gasteiger charge is 2.15. The lowest BCUT2D eigenvalue weighted by atomic mass is 10.1. The zero-order valence-corrected chi connectivity index (χ0v) is 17.8. The summed E-state index contributed by atoms with van der Waals surface area (Å²) in [6, 6.07) is 5.60. The molecule has 1 saturated heterocycles. The Bertz CT molecular complexity index is 1260. The van der Waals surface area contributed by atoms with Crippen LogP contribution in [0.5, 0.6) is 11.5 Å². The van der Waals surface area contributed by atoms with Crippen molar-refractivity contribution < 1.29 is 9.47 Å². The Balaban J connectivity index is 1.44. The van der Waals surface area contributed by atoms with Gasteiger partial charge < -0.3 is 14.4 Å². The summed E-state index contributed by atoms with van der Waals surface area (Å²) in [5, 5.41) is 2.64. The first-order chi connectivity index (χ1) is 14.7. The Kier molecular flexibility index (Phi) is 5.26. The summed E-state index contributed by atoms with van der Waals surface area (Å²) in [6.45, 7) is 4.07. The first-order valence-electron chi connectivity index (χ1n) is 10.4. The van der Waals surface area contributed by atoms with Gasteiger partial charge in [-0.05, 0) is 49.9 Å². The van der Waals surface area contributed by atoms with Gasteiger partial charge >= 0.3 is 0 Å². The van der Waals surface area contributed by atoms with E-state index in [-0.39, 0.29) is 5.56 Å². The van der Waals surface area contributed by atoms with Gasteiger partial charge in [0.1, 0.15) is 11.0 Å². The molecule has 1 fully saturated rings. The Morgan fingerprint density at radius 3 is 2.83 bits per heavy atom. The number of likely N-dealkylation sites (tertiary alicyclic amines) is 1. The van der Waals surface area contributed by atoms with Crippen LogP contribution in [0.4, 0.5) is 0 Å². The summed E-state index contributed by atoms with van der Waals surface area (Å²) < 4.78 is 13.8. The van der Waals surface area contributed by atoms with Crippen LogP contribution in [0.15, 0.2) is 34.7 Å². The Morgan fingerprint density at radius 2 is 2.00 bits per heavy atom. The van der Waals surface area contributed by atoms with Gasteiger partial charge in [0.15, 0.2) is 17.1 Å². The van der Waals surface area contributed by atoms with Crippen molar-refractivity contribution in [1.29, 1.82) is 0 Å². The lowest BCUT2D eigenvalue weighted by Gasteiger charge is -2.26. The van der Waals surface area contributed by atoms with Crippen LogP contribution in [0.2, 0.25) is 0 Å². The number of hydrogen-bond donors (Lipinski definition) is 0. The smallest absolute Gasteiger partial charge is 0.277 e. The van der Waals surface area contributed by atoms with Crippen molar-refractivity contribution in [2.45, 2.75) is 25.7 Å². The zero-order chi connectivity index (χ0) is 20.5. The van der Waals surface area contributed by atoms with Crippen LogP contribution in [0.25, 0.3) is 26.8 Å². The zero-order valence-electron chi connectivity index (χ0n) is 17.0. The maximum absolute atomic E-state index is 12.8. The molecule has 0 spiro atoms. The molecule has 1 aromatic carbocycles. The lowest BCUT2D eigenvalue weighted by Crippen LogP contribution is -2.31. The van der Waals surface area contributed by atoms with Crippen molar-refractivity contribution in [3.8, 4) is 11.5 Å². The van der Waals surface area contributed by atoms with Crippen molar-refractivity contribution in [3.63, 3.8) is 0 Å². The van der Waals surface area contributed by atoms with Gasteiger partial charge in [-0.15, -0.1) is 11.3 Å². The normalized spacial score (nSPS) is 15.2. The first-order valence-corrected chi connectivity index (χ1v) is 11.2. The van der Waals surface area contributed by atoms with Crippen LogP contribution >= 0.6 is 11.3 Å². The third kappa shape index (κ3) is 3.50. The lowest BCUT2D eigenvalue weighted by molar-refractivity contribution is 0.203. The number of rotatable bonds is 6. The molecule has 0 saturated carbocycles. The second-order valence-corrected chi connectivity index (χ2v) is 8.53. The number of aromatic nitrogens is 3. The highest BCUT2D eigenvalue weighted by Crippen LogP contribution is 2.33. The minimum absolute atomic E-state index is 0.101. The highest BCUT2D eigenvalue weighted by atomic mass is 32.1. The molecule has 4 heterocycles. The van der Waals surface area contributed by atoms with E-state index < -0.39 is 0 Å². The molecular weight excluding hydrogens is 400 g/mol. The third-order valence-corrected chi connectivity index (χ3v) is 6.56. The molecular formula is C22H24N4O3S. The molecule has 0 amide bonds. The predicted molar refractivity (Wildman–Crippen MR) is 119 cm³/mol. The molecule has 0 aliphatic carbocycles. The van der Waals surface area contributed by atoms with Crippen LogP contribution in [-0.2, 0) is 0 Å². The average Bonchev–Trinajstić information content (AvgIpc) is 3.26. The molecule has 3 aromatic heterocycles. The molecule has 7 nitrogen and oxygen atoms in total. The topological polar surface area (TPSA) is 69.0 Å². The quantitative estimate of drug-likeness (QED) is 0.347. The van der Waals surface area contributed by atoms with E-state index in [4.69, 9.17) is 14.5 Å². The number of fused-ring (bicyclic) bond motifs is 4. The predicted octanol–water partition coefficient (Wildman–Crippen LogP) is 3.72. The Labute approximate surface area is 177 Å². The van der Waals surface area contributed by atoms with E-state index in [1.54, 1.807) is 13.4 Å². The molecule has 0 unspecified atom stereocenters. The number of ether oxygens (including phenoxy) is 2. The minimum Gasteiger partial charge on any atom is -0.493 e. The number of piperidine rings is 1. The van der Waals surface area contributed by atoms with E-state index in [0.29, 0.717) is 34.0 Å². The van der Waals surface area contributed by atoms with Crippen LogP contribution in [0.1, 0.15) is 25.7 Å². The van der Waals surface area contributed by atoms with Crippen molar-refractivity contribution >= 4 is 38.1 Å². The van der Waals surface area contributed by atoms with Crippen molar-refractivity contribution in [2.75, 3.05) is 33.4 Å². The van der Waals surface area contributed by atoms with Crippen LogP contribution in [-0.4, -0.2) is 52.6 Å². The number of hydrogen-bond acceptors (Lipinski definition) is 7. The van der Waals surface area contributed by atoms with E-state index in [2.05, 4.69) is 9.88 Å². The largest absolute Gasteiger partial charge is 0.493 e. The SMILES string of the molecule is COc1cc2c(cc1OCCCN1CCCCC1)ncn1c(=O)c3sccc3nc21. The number of methoxy groups -OCH3 is 1. The summed E-state index contributed by atoms with van der Waals surface area (Å²) in [7, 11) is 1.62. The summed E-state index contributed by atoms with van der Waals surface area (Å²) in [4.78, 5) is 24.4. The molecule has 0 bridgehead atoms. The Hall–Kier alpha value is -2.71. The fourth-order valence-corrected chi connectivity index (χ4v) is 4.87. The molecule has 1 aliphatic heterocycles. The molecule has 0 N–H and O–H groups in total. The average molecular weight is 425 g/mol. The standard InChI is InChI=1S/C22H24N4O3S/c1-28-18-12-15-17(13-19(18)29-10-5-9-25-7-3-2-4-8-25)23-14-26-21(15)24-16-6-11-30-20(16)22(26)27/h6,11-14H,2-5,7-10H2,1H3. The van der Waals surface area contributed by atoms with Gasteiger partial charge in [0.2, 0.25) is 0 Å². The maximum atomic E-state index is 12.8. The van der Waals surface area contributed by atoms with Gasteiger partial charge in [-0.2, -0.15) is 0 Å². The van der Waals surface area contributed by atoms with Gasteiger partial charge in [0, 0.05) is 18.0 Å². The van der Waals surface area contributed by atoms with Crippen molar-refractivity contribution in [2.24, 2.45) is 0 Å². The van der Waals surface area contributed by atoms with E-state index in [9.17, 15) is 4.79 Å². The molecule has 8 heteroatoms. The molecule has 1 aliphatic rings. The third-order valence-electron chi connectivity index (χ3n) is 5.67. The number of nitrogens with zero attached hydrogens (tertiary/aromatic N) is 4. The second kappa shape index (κ2) is 8.20. The van der Waals surface area contributed by atoms with E-state index in [1.165, 1.54) is 48.1 Å². The van der Waals surface area contributed by atoms with E-state index >= 15 is 0 Å². The molecule has 30 heavy (non-hydrogen) atoms. The monoisotopic (exact) mass is 424 g/mol. The minimum atomic E-state index is -0.101. The van der Waals surface area contributed by atoms with Crippen LogP contribution in [0, 0.1) is 0 Å². The molecule has 4 aromatic rings. The van der Waals surface area contributed by atoms with Gasteiger partial charge in [-0.25, -0.2) is 14.4 Å². The fourth-order valence-electron chi connectivity index (χ4n) is 4.10. The fraction of sp³-hybridized carbons (Fsp3) is 0.409. The van der Waals surface area contributed by atoms with Crippen LogP contribution in [0.3, 0.4) is 0 Å². The molecule has 156 valence electrons. The van der Waals surface area contributed by atoms with Gasteiger partial charge in [-0.3, -0.25) is 4.79 Å². The number of benzene rings is 1. The van der Waals surface area contributed by atoms with Gasteiger partial charge in [0.25, 0.3) is 5.56 Å². The summed E-state index contributed by atoms with van der Waals surface area (Å²) >= 11 is 1.39. The first kappa shape index (κ1) is 19.3. The highest BCUT2D eigenvalue weighted by molar-refractivity contribution is 7.17. The van der Waals surface area contributed by atoms with E-state index in [1.807, 2.05) is 23.6 Å². The Morgan fingerprint density at radius 1 is 1.13 bits per heavy atom. The summed E-state index contributed by atoms with van der Waals surface area (Å²) in [5.74, 6) is 1.29. The molecule has 5 rings (SSSR count). The summed E-state index contributed by atoms with van der Waals surface area (Å²) in [5.41, 5.74) is 1.90. The van der Waals surface area contributed by atoms with E-state index in [0.717, 1.165) is 23.9 Å². The maximum Gasteiger partial charge on any atom is 0.277 e. The summed E-state index contributed by atoms with van der Waals surface area (Å²) in [6.07, 6.45) is 6.46. The van der Waals surface area contributed by atoms with Crippen molar-refractivity contribution in [3.05, 3.63) is 40.3 Å².